The Labute approximate surface area is 98.5 Å². The predicted octanol–water partition coefficient (Wildman–Crippen LogP) is 2.63. The molecule has 0 bridgehead atoms. The van der Waals surface area contributed by atoms with Gasteiger partial charge in [-0.3, -0.25) is 10.1 Å². The maximum Gasteiger partial charge on any atom is 0.274 e. The minimum Gasteiger partial charge on any atom is -0.327 e. The van der Waals surface area contributed by atoms with Crippen molar-refractivity contribution in [2.75, 3.05) is 0 Å². The third-order valence-corrected chi connectivity index (χ3v) is 3.66. The summed E-state index contributed by atoms with van der Waals surface area (Å²) in [6.07, 6.45) is 1.74. The van der Waals surface area contributed by atoms with Gasteiger partial charge in [-0.2, -0.15) is 0 Å². The van der Waals surface area contributed by atoms with Crippen LogP contribution in [0.1, 0.15) is 25.3 Å². The van der Waals surface area contributed by atoms with Crippen molar-refractivity contribution in [3.8, 4) is 0 Å². The second-order valence-electron chi connectivity index (χ2n) is 4.34. The Kier molecular flexibility index (Phi) is 2.64. The molecule has 1 unspecified atom stereocenters. The molecule has 5 heteroatoms. The first kappa shape index (κ1) is 11.4. The van der Waals surface area contributed by atoms with Crippen molar-refractivity contribution >= 4 is 17.3 Å². The van der Waals surface area contributed by atoms with E-state index >= 15 is 0 Å². The molecule has 0 spiro atoms. The number of nitro groups is 1. The van der Waals surface area contributed by atoms with Crippen LogP contribution >= 0.6 is 11.6 Å². The fourth-order valence-corrected chi connectivity index (χ4v) is 2.58. The SMILES string of the molecule is CC(N)C1(c2c(Cl)cccc2[N+](=O)[O-])CC1. The summed E-state index contributed by atoms with van der Waals surface area (Å²) in [7, 11) is 0. The molecule has 0 aromatic heterocycles. The van der Waals surface area contributed by atoms with Crippen LogP contribution in [0.5, 0.6) is 0 Å². The summed E-state index contributed by atoms with van der Waals surface area (Å²) >= 11 is 6.08. The molecular weight excluding hydrogens is 228 g/mol. The Morgan fingerprint density at radius 1 is 1.56 bits per heavy atom. The van der Waals surface area contributed by atoms with Gasteiger partial charge in [0.05, 0.1) is 15.5 Å². The van der Waals surface area contributed by atoms with Crippen molar-refractivity contribution in [2.45, 2.75) is 31.2 Å². The van der Waals surface area contributed by atoms with E-state index in [1.807, 2.05) is 6.92 Å². The maximum absolute atomic E-state index is 11.0. The Morgan fingerprint density at radius 2 is 2.19 bits per heavy atom. The Bertz CT molecular complexity index is 442. The average molecular weight is 241 g/mol. The van der Waals surface area contributed by atoms with E-state index in [2.05, 4.69) is 0 Å². The molecule has 1 saturated carbocycles. The van der Waals surface area contributed by atoms with Gasteiger partial charge in [-0.1, -0.05) is 17.7 Å². The number of hydrogen-bond donors (Lipinski definition) is 1. The van der Waals surface area contributed by atoms with Gasteiger partial charge in [0.2, 0.25) is 0 Å². The zero-order valence-corrected chi connectivity index (χ0v) is 9.70. The van der Waals surface area contributed by atoms with Gasteiger partial charge in [-0.15, -0.1) is 0 Å². The van der Waals surface area contributed by atoms with Gasteiger partial charge in [0.25, 0.3) is 5.69 Å². The van der Waals surface area contributed by atoms with Crippen LogP contribution in [0.2, 0.25) is 5.02 Å². The third-order valence-electron chi connectivity index (χ3n) is 3.35. The highest BCUT2D eigenvalue weighted by molar-refractivity contribution is 6.31. The molecule has 1 aliphatic carbocycles. The van der Waals surface area contributed by atoms with Gasteiger partial charge in [-0.05, 0) is 25.8 Å². The second-order valence-corrected chi connectivity index (χ2v) is 4.74. The fourth-order valence-electron chi connectivity index (χ4n) is 2.23. The van der Waals surface area contributed by atoms with Crippen molar-refractivity contribution in [3.05, 3.63) is 38.9 Å². The summed E-state index contributed by atoms with van der Waals surface area (Å²) < 4.78 is 0. The molecule has 0 amide bonds. The highest BCUT2D eigenvalue weighted by Gasteiger charge is 2.52. The van der Waals surface area contributed by atoms with Gasteiger partial charge >= 0.3 is 0 Å². The largest absolute Gasteiger partial charge is 0.327 e. The molecule has 0 aliphatic heterocycles. The number of hydrogen-bond acceptors (Lipinski definition) is 3. The second kappa shape index (κ2) is 3.71. The van der Waals surface area contributed by atoms with E-state index in [0.29, 0.717) is 10.6 Å². The lowest BCUT2D eigenvalue weighted by molar-refractivity contribution is -0.385. The van der Waals surface area contributed by atoms with Gasteiger partial charge in [0, 0.05) is 17.5 Å². The van der Waals surface area contributed by atoms with E-state index in [-0.39, 0.29) is 22.1 Å². The molecule has 1 aliphatic rings. The van der Waals surface area contributed by atoms with E-state index in [1.54, 1.807) is 12.1 Å². The molecule has 4 nitrogen and oxygen atoms in total. The van der Waals surface area contributed by atoms with Crippen LogP contribution in [0.25, 0.3) is 0 Å². The molecule has 2 N–H and O–H groups in total. The number of nitro benzene ring substituents is 1. The van der Waals surface area contributed by atoms with E-state index in [1.165, 1.54) is 6.07 Å². The molecule has 0 heterocycles. The molecule has 0 saturated heterocycles. The molecule has 1 aromatic rings. The van der Waals surface area contributed by atoms with E-state index in [9.17, 15) is 10.1 Å². The highest BCUT2D eigenvalue weighted by atomic mass is 35.5. The van der Waals surface area contributed by atoms with E-state index in [0.717, 1.165) is 12.8 Å². The predicted molar refractivity (Wildman–Crippen MR) is 62.7 cm³/mol. The zero-order valence-electron chi connectivity index (χ0n) is 8.94. The van der Waals surface area contributed by atoms with Crippen molar-refractivity contribution < 1.29 is 4.92 Å². The minimum atomic E-state index is -0.385. The Balaban J connectivity index is 2.59. The van der Waals surface area contributed by atoms with Crippen LogP contribution in [0.3, 0.4) is 0 Å². The molecule has 1 fully saturated rings. The monoisotopic (exact) mass is 240 g/mol. The lowest BCUT2D eigenvalue weighted by Gasteiger charge is -2.20. The average Bonchev–Trinajstić information content (AvgIpc) is 2.98. The quantitative estimate of drug-likeness (QED) is 0.652. The number of benzene rings is 1. The van der Waals surface area contributed by atoms with E-state index < -0.39 is 0 Å². The first-order chi connectivity index (χ1) is 7.49. The highest BCUT2D eigenvalue weighted by Crippen LogP contribution is 2.55. The normalized spacial score (nSPS) is 19.2. The number of halogens is 1. The van der Waals surface area contributed by atoms with Crippen LogP contribution < -0.4 is 5.73 Å². The van der Waals surface area contributed by atoms with E-state index in [4.69, 9.17) is 17.3 Å². The molecule has 86 valence electrons. The standard InChI is InChI=1S/C11H13ClN2O2/c1-7(13)11(5-6-11)10-8(12)3-2-4-9(10)14(15)16/h2-4,7H,5-6,13H2,1H3. The zero-order chi connectivity index (χ0) is 11.9. The van der Waals surface area contributed by atoms with Gasteiger partial charge < -0.3 is 5.73 Å². The summed E-state index contributed by atoms with van der Waals surface area (Å²) in [5.74, 6) is 0. The first-order valence-electron chi connectivity index (χ1n) is 5.18. The van der Waals surface area contributed by atoms with Crippen molar-refractivity contribution in [2.24, 2.45) is 5.73 Å². The summed E-state index contributed by atoms with van der Waals surface area (Å²) in [4.78, 5) is 10.6. The lowest BCUT2D eigenvalue weighted by Crippen LogP contribution is -2.32. The van der Waals surface area contributed by atoms with Gasteiger partial charge in [0.15, 0.2) is 0 Å². The van der Waals surface area contributed by atoms with Crippen LogP contribution in [0.4, 0.5) is 5.69 Å². The Hall–Kier alpha value is -1.13. The van der Waals surface area contributed by atoms with Crippen molar-refractivity contribution in [1.82, 2.24) is 0 Å². The lowest BCUT2D eigenvalue weighted by atomic mass is 9.88. The summed E-state index contributed by atoms with van der Waals surface area (Å²) in [6, 6.07) is 4.66. The van der Waals surface area contributed by atoms with Gasteiger partial charge in [-0.25, -0.2) is 0 Å². The number of nitrogens with two attached hydrogens (primary N) is 1. The summed E-state index contributed by atoms with van der Waals surface area (Å²) in [5.41, 5.74) is 6.32. The molecular formula is C11H13ClN2O2. The molecule has 1 aromatic carbocycles. The Morgan fingerprint density at radius 3 is 2.62 bits per heavy atom. The van der Waals surface area contributed by atoms with Crippen molar-refractivity contribution in [3.63, 3.8) is 0 Å². The first-order valence-corrected chi connectivity index (χ1v) is 5.56. The molecule has 16 heavy (non-hydrogen) atoms. The van der Waals surface area contributed by atoms with Crippen LogP contribution in [0, 0.1) is 10.1 Å². The molecule has 1 atom stereocenters. The number of nitrogens with zero attached hydrogens (tertiary/aromatic N) is 1. The number of rotatable bonds is 3. The topological polar surface area (TPSA) is 69.2 Å². The molecule has 0 radical (unpaired) electrons. The maximum atomic E-state index is 11.0. The third kappa shape index (κ3) is 1.58. The summed E-state index contributed by atoms with van der Waals surface area (Å²) in [5, 5.41) is 11.4. The summed E-state index contributed by atoms with van der Waals surface area (Å²) in [6.45, 7) is 1.88. The van der Waals surface area contributed by atoms with Crippen LogP contribution in [0.15, 0.2) is 18.2 Å². The van der Waals surface area contributed by atoms with Crippen molar-refractivity contribution in [1.29, 1.82) is 0 Å². The van der Waals surface area contributed by atoms with Gasteiger partial charge in [0.1, 0.15) is 0 Å². The minimum absolute atomic E-state index is 0.0855. The fraction of sp³-hybridized carbons (Fsp3) is 0.455. The molecule has 2 rings (SSSR count). The van der Waals surface area contributed by atoms with Crippen LogP contribution in [-0.4, -0.2) is 11.0 Å². The smallest absolute Gasteiger partial charge is 0.274 e. The van der Waals surface area contributed by atoms with Crippen LogP contribution in [-0.2, 0) is 5.41 Å².